The number of fused-ring (bicyclic) bond motifs is 2. The van der Waals surface area contributed by atoms with Crippen molar-refractivity contribution in [3.8, 4) is 0 Å². The van der Waals surface area contributed by atoms with Gasteiger partial charge in [0.15, 0.2) is 5.78 Å². The van der Waals surface area contributed by atoms with E-state index in [2.05, 4.69) is 18.2 Å². The molecule has 1 aliphatic carbocycles. The fourth-order valence-corrected chi connectivity index (χ4v) is 5.97. The van der Waals surface area contributed by atoms with Gasteiger partial charge in [0.1, 0.15) is 5.60 Å². The number of aromatic nitrogens is 1. The summed E-state index contributed by atoms with van der Waals surface area (Å²) >= 11 is 0. The Morgan fingerprint density at radius 2 is 1.58 bits per heavy atom. The number of likely N-dealkylation sites (tertiary alicyclic amines) is 1. The molecule has 0 unspecified atom stereocenters. The van der Waals surface area contributed by atoms with E-state index < -0.39 is 11.0 Å². The Bertz CT molecular complexity index is 1640. The van der Waals surface area contributed by atoms with E-state index in [9.17, 15) is 19.2 Å². The number of esters is 1. The van der Waals surface area contributed by atoms with E-state index in [1.165, 1.54) is 11.1 Å². The number of nitrogens with zero attached hydrogens (tertiary/aromatic N) is 2. The lowest BCUT2D eigenvalue weighted by atomic mass is 9.74. The number of pyridine rings is 1. The molecule has 1 aliphatic heterocycles. The number of carbonyl (C=O) groups excluding carboxylic acids is 3. The number of amides is 1. The third-order valence-corrected chi connectivity index (χ3v) is 8.38. The van der Waals surface area contributed by atoms with Crippen LogP contribution in [-0.4, -0.2) is 52.6 Å². The van der Waals surface area contributed by atoms with Gasteiger partial charge in [0.25, 0.3) is 5.56 Å². The molecule has 1 fully saturated rings. The second-order valence-corrected chi connectivity index (χ2v) is 13.1. The summed E-state index contributed by atoms with van der Waals surface area (Å²) in [7, 11) is 0. The Balaban J connectivity index is 0.000000318. The number of ether oxygens (including phenoxy) is 2. The van der Waals surface area contributed by atoms with Crippen LogP contribution in [0.5, 0.6) is 0 Å². The molecule has 1 amide bonds. The van der Waals surface area contributed by atoms with E-state index >= 15 is 0 Å². The molecule has 0 N–H and O–H groups in total. The molecule has 8 heteroatoms. The first-order valence-electron chi connectivity index (χ1n) is 15.9. The first kappa shape index (κ1) is 33.7. The van der Waals surface area contributed by atoms with Gasteiger partial charge >= 0.3 is 12.1 Å². The Morgan fingerprint density at radius 1 is 0.911 bits per heavy atom. The smallest absolute Gasteiger partial charge is 0.410 e. The van der Waals surface area contributed by atoms with Crippen LogP contribution in [-0.2, 0) is 32.0 Å². The zero-order valence-corrected chi connectivity index (χ0v) is 27.5. The molecule has 240 valence electrons. The molecule has 0 atom stereocenters. The third-order valence-electron chi connectivity index (χ3n) is 8.38. The average Bonchev–Trinajstić information content (AvgIpc) is 2.98. The maximum Gasteiger partial charge on any atom is 0.410 e. The highest BCUT2D eigenvalue weighted by Crippen LogP contribution is 2.38. The molecule has 0 spiro atoms. The van der Waals surface area contributed by atoms with Crippen LogP contribution < -0.4 is 5.56 Å². The van der Waals surface area contributed by atoms with Crippen LogP contribution in [0.3, 0.4) is 0 Å². The SMILES string of the molecule is CCOC(=O)C1(CCCn2c(=O)ccc3ccc(C)cc32)CCN(C(=O)OC(C)(C)C)CC1.Cc1ccc2c(c1)CC(=O)C=C2. The summed E-state index contributed by atoms with van der Waals surface area (Å²) in [6.45, 7) is 13.1. The van der Waals surface area contributed by atoms with Crippen LogP contribution in [0, 0.1) is 19.3 Å². The van der Waals surface area contributed by atoms with Crippen LogP contribution in [0.4, 0.5) is 4.79 Å². The molecular weight excluding hydrogens is 568 g/mol. The minimum atomic E-state index is -0.654. The van der Waals surface area contributed by atoms with Crippen molar-refractivity contribution in [2.24, 2.45) is 5.41 Å². The van der Waals surface area contributed by atoms with E-state index in [-0.39, 0.29) is 23.4 Å². The Labute approximate surface area is 266 Å². The predicted molar refractivity (Wildman–Crippen MR) is 177 cm³/mol. The van der Waals surface area contributed by atoms with Gasteiger partial charge in [-0.15, -0.1) is 0 Å². The number of allylic oxidation sites excluding steroid dienone is 1. The van der Waals surface area contributed by atoms with Gasteiger partial charge in [-0.05, 0) is 108 Å². The zero-order valence-electron chi connectivity index (χ0n) is 27.5. The summed E-state index contributed by atoms with van der Waals surface area (Å²) in [6, 6.07) is 15.7. The van der Waals surface area contributed by atoms with Gasteiger partial charge in [-0.1, -0.05) is 42.0 Å². The second kappa shape index (κ2) is 14.3. The minimum Gasteiger partial charge on any atom is -0.466 e. The largest absolute Gasteiger partial charge is 0.466 e. The van der Waals surface area contributed by atoms with Crippen molar-refractivity contribution in [1.82, 2.24) is 9.47 Å². The highest BCUT2D eigenvalue weighted by Gasteiger charge is 2.43. The first-order valence-corrected chi connectivity index (χ1v) is 15.9. The molecule has 2 heterocycles. The highest BCUT2D eigenvalue weighted by atomic mass is 16.6. The fourth-order valence-electron chi connectivity index (χ4n) is 5.97. The number of hydrogen-bond acceptors (Lipinski definition) is 6. The van der Waals surface area contributed by atoms with Crippen molar-refractivity contribution in [1.29, 1.82) is 0 Å². The molecule has 0 saturated carbocycles. The normalized spacial score (nSPS) is 15.6. The summed E-state index contributed by atoms with van der Waals surface area (Å²) in [5.74, 6) is -0.0111. The van der Waals surface area contributed by atoms with Crippen molar-refractivity contribution >= 4 is 34.8 Å². The number of carbonyl (C=O) groups is 3. The van der Waals surface area contributed by atoms with E-state index in [1.54, 1.807) is 28.5 Å². The number of ketones is 1. The Hall–Kier alpha value is -4.20. The molecule has 0 bridgehead atoms. The van der Waals surface area contributed by atoms with Crippen LogP contribution in [0.2, 0.25) is 0 Å². The van der Waals surface area contributed by atoms with Gasteiger partial charge < -0.3 is 18.9 Å². The van der Waals surface area contributed by atoms with Gasteiger partial charge in [0.05, 0.1) is 17.5 Å². The number of benzene rings is 2. The van der Waals surface area contributed by atoms with Gasteiger partial charge in [0, 0.05) is 32.1 Å². The highest BCUT2D eigenvalue weighted by molar-refractivity contribution is 5.98. The average molecular weight is 615 g/mol. The van der Waals surface area contributed by atoms with Crippen molar-refractivity contribution in [2.45, 2.75) is 85.8 Å². The molecule has 1 saturated heterocycles. The fraction of sp³-hybridized carbons (Fsp3) is 0.459. The monoisotopic (exact) mass is 614 g/mol. The van der Waals surface area contributed by atoms with Gasteiger partial charge in [-0.25, -0.2) is 4.79 Å². The molecule has 1 aromatic heterocycles. The summed E-state index contributed by atoms with van der Waals surface area (Å²) < 4.78 is 12.7. The lowest BCUT2D eigenvalue weighted by molar-refractivity contribution is -0.159. The Kier molecular flexibility index (Phi) is 10.7. The molecule has 8 nitrogen and oxygen atoms in total. The van der Waals surface area contributed by atoms with Gasteiger partial charge in [0.2, 0.25) is 0 Å². The molecule has 3 aromatic rings. The van der Waals surface area contributed by atoms with Crippen LogP contribution in [0.1, 0.15) is 75.6 Å². The second-order valence-electron chi connectivity index (χ2n) is 13.1. The van der Waals surface area contributed by atoms with Crippen LogP contribution in [0.15, 0.2) is 59.4 Å². The van der Waals surface area contributed by atoms with Gasteiger partial charge in [-0.2, -0.15) is 0 Å². The quantitative estimate of drug-likeness (QED) is 0.283. The van der Waals surface area contributed by atoms with E-state index in [1.807, 2.05) is 65.0 Å². The number of rotatable bonds is 6. The van der Waals surface area contributed by atoms with E-state index in [4.69, 9.17) is 9.47 Å². The van der Waals surface area contributed by atoms with Crippen molar-refractivity contribution in [3.63, 3.8) is 0 Å². The number of piperidine rings is 1. The maximum absolute atomic E-state index is 13.0. The van der Waals surface area contributed by atoms with Gasteiger partial charge in [-0.3, -0.25) is 14.4 Å². The summed E-state index contributed by atoms with van der Waals surface area (Å²) in [5.41, 5.74) is 4.31. The molecule has 0 radical (unpaired) electrons. The molecule has 5 rings (SSSR count). The molecule has 2 aliphatic rings. The predicted octanol–water partition coefficient (Wildman–Crippen LogP) is 6.80. The maximum atomic E-state index is 13.0. The van der Waals surface area contributed by atoms with Crippen LogP contribution in [0.25, 0.3) is 17.0 Å². The van der Waals surface area contributed by atoms with E-state index in [0.29, 0.717) is 58.3 Å². The third kappa shape index (κ3) is 8.71. The minimum absolute atomic E-state index is 0.0435. The molecular formula is C37H46N2O6. The standard InChI is InChI=1S/C26H36N2O5.C11H10O/c1-6-32-23(30)26(13-16-27(17-14-26)24(31)33-25(3,4)5)12-7-15-28-21-18-19(2)8-9-20(21)10-11-22(28)29;1-8-2-3-9-4-5-11(12)7-10(9)6-8/h8-11,18H,6-7,12-17H2,1-5H3;2-6H,7H2,1H3. The number of hydrogen-bond donors (Lipinski definition) is 0. The lowest BCUT2D eigenvalue weighted by Gasteiger charge is -2.40. The van der Waals surface area contributed by atoms with E-state index in [0.717, 1.165) is 22.0 Å². The summed E-state index contributed by atoms with van der Waals surface area (Å²) in [4.78, 5) is 50.7. The Morgan fingerprint density at radius 3 is 2.27 bits per heavy atom. The lowest BCUT2D eigenvalue weighted by Crippen LogP contribution is -2.48. The number of aryl methyl sites for hydroxylation is 3. The molecule has 45 heavy (non-hydrogen) atoms. The topological polar surface area (TPSA) is 94.9 Å². The van der Waals surface area contributed by atoms with Crippen molar-refractivity contribution < 1.29 is 23.9 Å². The van der Waals surface area contributed by atoms with Crippen LogP contribution >= 0.6 is 0 Å². The summed E-state index contributed by atoms with van der Waals surface area (Å²) in [6.07, 6.45) is 6.06. The molecule has 2 aromatic carbocycles. The zero-order chi connectivity index (χ0) is 32.8. The van der Waals surface area contributed by atoms with Crippen molar-refractivity contribution in [2.75, 3.05) is 19.7 Å². The summed E-state index contributed by atoms with van der Waals surface area (Å²) in [5, 5.41) is 1.02. The first-order chi connectivity index (χ1) is 21.3. The van der Waals surface area contributed by atoms with Crippen molar-refractivity contribution in [3.05, 3.63) is 87.2 Å².